The Morgan fingerprint density at radius 1 is 1.07 bits per heavy atom. The van der Waals surface area contributed by atoms with Crippen LogP contribution < -0.4 is 4.90 Å². The maximum absolute atomic E-state index is 4.89. The van der Waals surface area contributed by atoms with Gasteiger partial charge in [-0.15, -0.1) is 5.10 Å². The van der Waals surface area contributed by atoms with Crippen molar-refractivity contribution in [1.82, 2.24) is 20.0 Å². The van der Waals surface area contributed by atoms with Crippen molar-refractivity contribution in [3.05, 3.63) is 72.9 Å². The van der Waals surface area contributed by atoms with Gasteiger partial charge in [0, 0.05) is 24.8 Å². The van der Waals surface area contributed by atoms with Crippen molar-refractivity contribution in [3.8, 4) is 16.8 Å². The van der Waals surface area contributed by atoms with Crippen molar-refractivity contribution in [1.29, 1.82) is 0 Å². The van der Waals surface area contributed by atoms with Gasteiger partial charge in [-0.3, -0.25) is 0 Å². The molecule has 144 valence electrons. The molecule has 1 fully saturated rings. The maximum Gasteiger partial charge on any atom is 0.154 e. The minimum atomic E-state index is 0.670. The summed E-state index contributed by atoms with van der Waals surface area (Å²) >= 11 is 0. The zero-order valence-corrected chi connectivity index (χ0v) is 16.5. The van der Waals surface area contributed by atoms with Crippen LogP contribution in [0.4, 0.5) is 5.82 Å². The molecular formula is C24H23N5. The number of pyridine rings is 1. The molecule has 1 aliphatic heterocycles. The minimum Gasteiger partial charge on any atom is -0.355 e. The van der Waals surface area contributed by atoms with Crippen LogP contribution >= 0.6 is 0 Å². The van der Waals surface area contributed by atoms with Crippen LogP contribution in [0, 0.1) is 5.92 Å². The molecule has 0 spiro atoms. The van der Waals surface area contributed by atoms with E-state index in [9.17, 15) is 0 Å². The summed E-state index contributed by atoms with van der Waals surface area (Å²) in [5.74, 6) is 1.64. The van der Waals surface area contributed by atoms with Crippen LogP contribution in [-0.2, 0) is 0 Å². The predicted octanol–water partition coefficient (Wildman–Crippen LogP) is 4.97. The van der Waals surface area contributed by atoms with Crippen molar-refractivity contribution in [2.45, 2.75) is 13.3 Å². The van der Waals surface area contributed by atoms with E-state index in [0.717, 1.165) is 52.3 Å². The molecule has 4 aromatic rings. The number of anilines is 1. The van der Waals surface area contributed by atoms with Gasteiger partial charge in [0.2, 0.25) is 0 Å². The molecule has 0 N–H and O–H groups in total. The van der Waals surface area contributed by atoms with Gasteiger partial charge in [-0.05, 0) is 41.7 Å². The number of nitrogens with zero attached hydrogens (tertiary/aromatic N) is 5. The van der Waals surface area contributed by atoms with Crippen LogP contribution in [0.5, 0.6) is 0 Å². The fourth-order valence-electron chi connectivity index (χ4n) is 3.99. The molecule has 0 aliphatic carbocycles. The summed E-state index contributed by atoms with van der Waals surface area (Å²) in [6.07, 6.45) is 5.00. The number of fused-ring (bicyclic) bond motifs is 1. The van der Waals surface area contributed by atoms with E-state index < -0.39 is 0 Å². The SMILES string of the molecule is C=Cc1ccc(-c2cnc(N3CCC(C)C3)c(-n3nnc4ccccc43)c2)cc1. The van der Waals surface area contributed by atoms with E-state index in [4.69, 9.17) is 4.98 Å². The van der Waals surface area contributed by atoms with Gasteiger partial charge in [-0.1, -0.05) is 61.2 Å². The van der Waals surface area contributed by atoms with Crippen molar-refractivity contribution in [2.24, 2.45) is 5.92 Å². The molecule has 1 saturated heterocycles. The highest BCUT2D eigenvalue weighted by atomic mass is 15.4. The number of aromatic nitrogens is 4. The fourth-order valence-corrected chi connectivity index (χ4v) is 3.99. The van der Waals surface area contributed by atoms with Crippen LogP contribution in [0.3, 0.4) is 0 Å². The Bertz CT molecular complexity index is 1180. The van der Waals surface area contributed by atoms with Crippen LogP contribution in [0.15, 0.2) is 67.4 Å². The summed E-state index contributed by atoms with van der Waals surface area (Å²) < 4.78 is 1.92. The molecule has 5 heteroatoms. The van der Waals surface area contributed by atoms with Crippen molar-refractivity contribution >= 4 is 22.9 Å². The van der Waals surface area contributed by atoms with Crippen LogP contribution in [0.1, 0.15) is 18.9 Å². The lowest BCUT2D eigenvalue weighted by Crippen LogP contribution is -2.22. The Balaban J connectivity index is 1.67. The summed E-state index contributed by atoms with van der Waals surface area (Å²) in [4.78, 5) is 7.26. The van der Waals surface area contributed by atoms with E-state index in [2.05, 4.69) is 65.1 Å². The molecule has 0 bridgehead atoms. The first kappa shape index (κ1) is 17.6. The third-order valence-electron chi connectivity index (χ3n) is 5.63. The summed E-state index contributed by atoms with van der Waals surface area (Å²) in [6.45, 7) is 8.16. The molecule has 0 amide bonds. The van der Waals surface area contributed by atoms with Gasteiger partial charge < -0.3 is 4.90 Å². The molecule has 1 unspecified atom stereocenters. The summed E-state index contributed by atoms with van der Waals surface area (Å²) in [5.41, 5.74) is 6.13. The Labute approximate surface area is 170 Å². The Hall–Kier alpha value is -3.47. The van der Waals surface area contributed by atoms with Crippen molar-refractivity contribution in [2.75, 3.05) is 18.0 Å². The quantitative estimate of drug-likeness (QED) is 0.501. The van der Waals surface area contributed by atoms with E-state index in [0.29, 0.717) is 5.92 Å². The average molecular weight is 381 g/mol. The first-order valence-electron chi connectivity index (χ1n) is 10.0. The van der Waals surface area contributed by atoms with Crippen molar-refractivity contribution in [3.63, 3.8) is 0 Å². The predicted molar refractivity (Wildman–Crippen MR) is 118 cm³/mol. The normalized spacial score (nSPS) is 16.4. The smallest absolute Gasteiger partial charge is 0.154 e. The number of rotatable bonds is 4. The lowest BCUT2D eigenvalue weighted by molar-refractivity contribution is 0.658. The molecule has 1 aliphatic rings. The third kappa shape index (κ3) is 3.18. The van der Waals surface area contributed by atoms with E-state index in [1.54, 1.807) is 0 Å². The zero-order valence-electron chi connectivity index (χ0n) is 16.5. The van der Waals surface area contributed by atoms with Gasteiger partial charge in [-0.25, -0.2) is 9.67 Å². The average Bonchev–Trinajstić information content (AvgIpc) is 3.40. The van der Waals surface area contributed by atoms with Gasteiger partial charge in [0.25, 0.3) is 0 Å². The number of hydrogen-bond donors (Lipinski definition) is 0. The Morgan fingerprint density at radius 3 is 2.66 bits per heavy atom. The van der Waals surface area contributed by atoms with Crippen LogP contribution in [0.2, 0.25) is 0 Å². The van der Waals surface area contributed by atoms with Gasteiger partial charge in [0.15, 0.2) is 5.82 Å². The Kier molecular flexibility index (Phi) is 4.35. The van der Waals surface area contributed by atoms with Gasteiger partial charge >= 0.3 is 0 Å². The molecule has 5 rings (SSSR count). The molecule has 1 atom stereocenters. The van der Waals surface area contributed by atoms with Gasteiger partial charge in [-0.2, -0.15) is 0 Å². The molecule has 3 heterocycles. The summed E-state index contributed by atoms with van der Waals surface area (Å²) in [7, 11) is 0. The number of benzene rings is 2. The number of para-hydroxylation sites is 1. The largest absolute Gasteiger partial charge is 0.355 e. The van der Waals surface area contributed by atoms with E-state index >= 15 is 0 Å². The van der Waals surface area contributed by atoms with Crippen LogP contribution in [0.25, 0.3) is 33.9 Å². The highest BCUT2D eigenvalue weighted by Crippen LogP contribution is 2.32. The van der Waals surface area contributed by atoms with Crippen molar-refractivity contribution < 1.29 is 0 Å². The first-order chi connectivity index (χ1) is 14.2. The molecule has 0 radical (unpaired) electrons. The summed E-state index contributed by atoms with van der Waals surface area (Å²) in [6, 6.07) is 18.6. The standard InChI is InChI=1S/C24H23N5/c1-3-18-8-10-19(11-9-18)20-14-23(24(25-15-20)28-13-12-17(2)16-28)29-22-7-5-4-6-21(22)26-27-29/h3-11,14-15,17H,1,12-13,16H2,2H3. The molecule has 2 aromatic carbocycles. The zero-order chi connectivity index (χ0) is 19.8. The van der Waals surface area contributed by atoms with E-state index in [-0.39, 0.29) is 0 Å². The second kappa shape index (κ2) is 7.17. The fraction of sp³-hybridized carbons (Fsp3) is 0.208. The van der Waals surface area contributed by atoms with Crippen LogP contribution in [-0.4, -0.2) is 33.1 Å². The van der Waals surface area contributed by atoms with E-state index in [1.807, 2.05) is 35.2 Å². The second-order valence-electron chi connectivity index (χ2n) is 7.72. The topological polar surface area (TPSA) is 46.8 Å². The minimum absolute atomic E-state index is 0.670. The van der Waals surface area contributed by atoms with E-state index in [1.165, 1.54) is 6.42 Å². The second-order valence-corrected chi connectivity index (χ2v) is 7.72. The van der Waals surface area contributed by atoms with Gasteiger partial charge in [0.05, 0.1) is 5.52 Å². The monoisotopic (exact) mass is 381 g/mol. The molecular weight excluding hydrogens is 358 g/mol. The molecule has 0 saturated carbocycles. The maximum atomic E-state index is 4.89. The lowest BCUT2D eigenvalue weighted by atomic mass is 10.0. The highest BCUT2D eigenvalue weighted by Gasteiger charge is 2.24. The third-order valence-corrected chi connectivity index (χ3v) is 5.63. The highest BCUT2D eigenvalue weighted by molar-refractivity contribution is 5.79. The van der Waals surface area contributed by atoms with Gasteiger partial charge in [0.1, 0.15) is 11.2 Å². The first-order valence-corrected chi connectivity index (χ1v) is 10.0. The molecule has 2 aromatic heterocycles. The Morgan fingerprint density at radius 2 is 1.90 bits per heavy atom. The number of hydrogen-bond acceptors (Lipinski definition) is 4. The molecule has 5 nitrogen and oxygen atoms in total. The molecule has 29 heavy (non-hydrogen) atoms. The summed E-state index contributed by atoms with van der Waals surface area (Å²) in [5, 5.41) is 8.82. The lowest BCUT2D eigenvalue weighted by Gasteiger charge is -2.21.